The second-order valence-electron chi connectivity index (χ2n) is 8.48. The second kappa shape index (κ2) is 6.78. The number of carbonyl (C=O) groups excluding carboxylic acids is 4. The van der Waals surface area contributed by atoms with E-state index in [2.05, 4.69) is 10.3 Å². The number of imide groups is 1. The number of quaternary nitrogens is 1. The van der Waals surface area contributed by atoms with Crippen LogP contribution in [0.15, 0.2) is 12.5 Å². The lowest BCUT2D eigenvalue weighted by molar-refractivity contribution is -0.787. The standard InChI is InChI=1S/C18H26N6O4/c1-18(2)4-5-24(14(18)15(20)26,17(28)12-7-13(25)22-12)16(27)11(19)6-10-8-23(3)9-21-10/h8-9,11-12,14H,4-7,19H2,1-3H3,(H2-,20,22,25,26)/p+1/t11-,12-,14?,24?/m0/s1. The van der Waals surface area contributed by atoms with Crippen molar-refractivity contribution in [2.45, 2.75) is 51.2 Å². The van der Waals surface area contributed by atoms with E-state index in [1.807, 2.05) is 13.8 Å². The summed E-state index contributed by atoms with van der Waals surface area (Å²) in [5.41, 5.74) is 11.8. The highest BCUT2D eigenvalue weighted by Crippen LogP contribution is 2.43. The Bertz CT molecular complexity index is 839. The number of nitrogens with two attached hydrogens (primary N) is 2. The van der Waals surface area contributed by atoms with Crippen LogP contribution in [0.3, 0.4) is 0 Å². The highest BCUT2D eigenvalue weighted by atomic mass is 16.2. The molecule has 3 heterocycles. The number of carbonyl (C=O) groups is 4. The first-order chi connectivity index (χ1) is 13.0. The van der Waals surface area contributed by atoms with Crippen LogP contribution >= 0.6 is 0 Å². The molecule has 0 aromatic carbocycles. The van der Waals surface area contributed by atoms with E-state index in [1.165, 1.54) is 0 Å². The fourth-order valence-corrected chi connectivity index (χ4v) is 4.48. The first-order valence-electron chi connectivity index (χ1n) is 9.26. The SMILES string of the molecule is Cn1cnc(C[C@H](N)C(=O)[N+]2(C(=O)[C@@H]3CC(=O)N3)CCC(C)(C)C2C(N)=O)c1. The van der Waals surface area contributed by atoms with Gasteiger partial charge in [0.1, 0.15) is 6.04 Å². The molecule has 28 heavy (non-hydrogen) atoms. The van der Waals surface area contributed by atoms with E-state index in [1.54, 1.807) is 24.1 Å². The first-order valence-corrected chi connectivity index (χ1v) is 9.26. The maximum absolute atomic E-state index is 13.5. The molecule has 4 atom stereocenters. The number of nitrogens with zero attached hydrogens (tertiary/aromatic N) is 3. The summed E-state index contributed by atoms with van der Waals surface area (Å²) < 4.78 is 0.984. The third-order valence-corrected chi connectivity index (χ3v) is 5.87. The normalized spacial score (nSPS) is 29.6. The lowest BCUT2D eigenvalue weighted by Gasteiger charge is -2.41. The molecule has 10 nitrogen and oxygen atoms in total. The van der Waals surface area contributed by atoms with E-state index >= 15 is 0 Å². The number of rotatable bonds is 5. The fraction of sp³-hybridized carbons (Fsp3) is 0.611. The molecule has 2 unspecified atom stereocenters. The summed E-state index contributed by atoms with van der Waals surface area (Å²) in [5, 5.41) is 2.51. The minimum atomic E-state index is -1.04. The van der Waals surface area contributed by atoms with Crippen LogP contribution in [0, 0.1) is 5.41 Å². The van der Waals surface area contributed by atoms with Crippen molar-refractivity contribution >= 4 is 23.6 Å². The number of imidazole rings is 1. The van der Waals surface area contributed by atoms with Gasteiger partial charge in [-0.25, -0.2) is 14.6 Å². The summed E-state index contributed by atoms with van der Waals surface area (Å²) in [4.78, 5) is 54.8. The molecule has 4 amide bonds. The number of amides is 4. The van der Waals surface area contributed by atoms with E-state index in [0.717, 1.165) is 0 Å². The topological polar surface area (TPSA) is 150 Å². The van der Waals surface area contributed by atoms with Gasteiger partial charge >= 0.3 is 11.8 Å². The van der Waals surface area contributed by atoms with Crippen molar-refractivity contribution < 1.29 is 23.7 Å². The van der Waals surface area contributed by atoms with Crippen LogP contribution < -0.4 is 16.8 Å². The van der Waals surface area contributed by atoms with Crippen LogP contribution in [0.25, 0.3) is 0 Å². The van der Waals surface area contributed by atoms with Crippen LogP contribution in [-0.2, 0) is 32.6 Å². The Morgan fingerprint density at radius 3 is 2.57 bits per heavy atom. The van der Waals surface area contributed by atoms with Crippen molar-refractivity contribution in [2.24, 2.45) is 23.9 Å². The molecule has 2 aliphatic heterocycles. The van der Waals surface area contributed by atoms with Crippen molar-refractivity contribution in [2.75, 3.05) is 6.54 Å². The van der Waals surface area contributed by atoms with Crippen molar-refractivity contribution in [3.05, 3.63) is 18.2 Å². The molecular weight excluding hydrogens is 364 g/mol. The van der Waals surface area contributed by atoms with Crippen LogP contribution in [0.1, 0.15) is 32.4 Å². The number of primary amides is 1. The lowest BCUT2D eigenvalue weighted by atomic mass is 9.83. The van der Waals surface area contributed by atoms with Crippen molar-refractivity contribution in [1.82, 2.24) is 14.9 Å². The molecule has 1 aromatic heterocycles. The average molecular weight is 391 g/mol. The first kappa shape index (κ1) is 20.2. The molecule has 0 spiro atoms. The van der Waals surface area contributed by atoms with Gasteiger partial charge in [0.25, 0.3) is 5.91 Å². The van der Waals surface area contributed by atoms with Gasteiger partial charge in [-0.15, -0.1) is 0 Å². The Morgan fingerprint density at radius 1 is 1.43 bits per heavy atom. The van der Waals surface area contributed by atoms with Gasteiger partial charge in [-0.1, -0.05) is 13.8 Å². The third kappa shape index (κ3) is 3.12. The predicted octanol–water partition coefficient (Wildman–Crippen LogP) is -1.67. The summed E-state index contributed by atoms with van der Waals surface area (Å²) >= 11 is 0. The Morgan fingerprint density at radius 2 is 2.07 bits per heavy atom. The molecule has 2 saturated heterocycles. The van der Waals surface area contributed by atoms with E-state index in [-0.39, 0.29) is 25.3 Å². The van der Waals surface area contributed by atoms with Crippen molar-refractivity contribution in [3.63, 3.8) is 0 Å². The Hall–Kier alpha value is -2.59. The number of nitrogens with one attached hydrogen (secondary N) is 1. The number of aryl methyl sites for hydroxylation is 1. The Labute approximate surface area is 162 Å². The maximum atomic E-state index is 13.5. The maximum Gasteiger partial charge on any atom is 0.344 e. The van der Waals surface area contributed by atoms with Crippen molar-refractivity contribution in [1.29, 1.82) is 0 Å². The predicted molar refractivity (Wildman–Crippen MR) is 98.0 cm³/mol. The molecule has 2 fully saturated rings. The second-order valence-corrected chi connectivity index (χ2v) is 8.48. The largest absolute Gasteiger partial charge is 0.364 e. The molecule has 0 saturated carbocycles. The lowest BCUT2D eigenvalue weighted by Crippen LogP contribution is -2.74. The van der Waals surface area contributed by atoms with E-state index in [4.69, 9.17) is 11.5 Å². The minimum Gasteiger partial charge on any atom is -0.364 e. The summed E-state index contributed by atoms with van der Waals surface area (Å²) in [6, 6.07) is -2.89. The molecule has 5 N–H and O–H groups in total. The molecule has 3 rings (SSSR count). The van der Waals surface area contributed by atoms with Gasteiger partial charge in [0.05, 0.1) is 25.0 Å². The highest BCUT2D eigenvalue weighted by molar-refractivity contribution is 6.00. The van der Waals surface area contributed by atoms with Crippen LogP contribution in [0.5, 0.6) is 0 Å². The van der Waals surface area contributed by atoms with E-state index in [0.29, 0.717) is 12.1 Å². The molecule has 1 aromatic rings. The van der Waals surface area contributed by atoms with Gasteiger partial charge in [-0.3, -0.25) is 9.59 Å². The minimum absolute atomic E-state index is 0.00645. The van der Waals surface area contributed by atoms with E-state index < -0.39 is 45.7 Å². The fourth-order valence-electron chi connectivity index (χ4n) is 4.48. The Kier molecular flexibility index (Phi) is 4.88. The number of hydrogen-bond acceptors (Lipinski definition) is 6. The zero-order chi connectivity index (χ0) is 20.9. The van der Waals surface area contributed by atoms with Crippen LogP contribution in [0.4, 0.5) is 0 Å². The number of likely N-dealkylation sites (tertiary alicyclic amines) is 1. The average Bonchev–Trinajstić information content (AvgIpc) is 3.11. The molecular formula is C18H27N6O4+. The summed E-state index contributed by atoms with van der Waals surface area (Å²) in [6.45, 7) is 3.75. The Balaban J connectivity index is 1.98. The summed E-state index contributed by atoms with van der Waals surface area (Å²) in [6.07, 6.45) is 3.92. The quantitative estimate of drug-likeness (QED) is 0.403. The molecule has 2 aliphatic rings. The van der Waals surface area contributed by atoms with Gasteiger partial charge in [-0.05, 0) is 0 Å². The number of β-lactam (4-membered cyclic amide) rings is 1. The molecule has 0 aliphatic carbocycles. The molecule has 10 heteroatoms. The highest BCUT2D eigenvalue weighted by Gasteiger charge is 2.66. The number of aromatic nitrogens is 2. The molecule has 0 radical (unpaired) electrons. The van der Waals surface area contributed by atoms with Crippen LogP contribution in [-0.4, -0.2) is 62.3 Å². The monoisotopic (exact) mass is 391 g/mol. The molecule has 0 bridgehead atoms. The van der Waals surface area contributed by atoms with E-state index in [9.17, 15) is 19.2 Å². The van der Waals surface area contributed by atoms with Gasteiger partial charge in [0.2, 0.25) is 5.91 Å². The smallest absolute Gasteiger partial charge is 0.344 e. The third-order valence-electron chi connectivity index (χ3n) is 5.87. The summed E-state index contributed by atoms with van der Waals surface area (Å²) in [7, 11) is 1.80. The van der Waals surface area contributed by atoms with Gasteiger partial charge in [-0.2, -0.15) is 4.48 Å². The summed E-state index contributed by atoms with van der Waals surface area (Å²) in [5.74, 6) is -2.07. The zero-order valence-electron chi connectivity index (χ0n) is 16.3. The number of hydrogen-bond donors (Lipinski definition) is 3. The van der Waals surface area contributed by atoms with Gasteiger partial charge in [0, 0.05) is 31.5 Å². The molecule has 152 valence electrons. The van der Waals surface area contributed by atoms with Crippen LogP contribution in [0.2, 0.25) is 0 Å². The van der Waals surface area contributed by atoms with Crippen molar-refractivity contribution in [3.8, 4) is 0 Å². The van der Waals surface area contributed by atoms with Gasteiger partial charge in [0.15, 0.2) is 12.1 Å². The zero-order valence-corrected chi connectivity index (χ0v) is 16.3. The van der Waals surface area contributed by atoms with Gasteiger partial charge < -0.3 is 21.4 Å².